The standard InChI is InChI=1S/C17H16O3/c1-12-4-3-5-17-16(12)10-15(20-17)11-19-14-8-6-13(18-2)7-9-14/h3-10H,11H2,1-2H3. The van der Waals surface area contributed by atoms with Gasteiger partial charge in [0.05, 0.1) is 7.11 Å². The van der Waals surface area contributed by atoms with Crippen LogP contribution in [0.25, 0.3) is 11.0 Å². The molecule has 0 fully saturated rings. The first-order valence-corrected chi connectivity index (χ1v) is 6.51. The van der Waals surface area contributed by atoms with Crippen LogP contribution in [-0.4, -0.2) is 7.11 Å². The molecule has 2 aromatic carbocycles. The first-order valence-electron chi connectivity index (χ1n) is 6.51. The fourth-order valence-electron chi connectivity index (χ4n) is 2.16. The highest BCUT2D eigenvalue weighted by Crippen LogP contribution is 2.24. The Hall–Kier alpha value is -2.42. The highest BCUT2D eigenvalue weighted by molar-refractivity contribution is 5.81. The first-order chi connectivity index (χ1) is 9.76. The van der Waals surface area contributed by atoms with Crippen molar-refractivity contribution in [3.63, 3.8) is 0 Å². The lowest BCUT2D eigenvalue weighted by molar-refractivity contribution is 0.274. The number of rotatable bonds is 4. The fourth-order valence-corrected chi connectivity index (χ4v) is 2.16. The minimum Gasteiger partial charge on any atom is -0.497 e. The third kappa shape index (κ3) is 2.48. The van der Waals surface area contributed by atoms with Crippen molar-refractivity contribution >= 4 is 11.0 Å². The van der Waals surface area contributed by atoms with Gasteiger partial charge in [-0.05, 0) is 48.9 Å². The van der Waals surface area contributed by atoms with Crippen LogP contribution in [0.1, 0.15) is 11.3 Å². The van der Waals surface area contributed by atoms with E-state index in [1.165, 1.54) is 5.56 Å². The maximum Gasteiger partial charge on any atom is 0.146 e. The van der Waals surface area contributed by atoms with Crippen LogP contribution >= 0.6 is 0 Å². The minimum atomic E-state index is 0.417. The van der Waals surface area contributed by atoms with Crippen LogP contribution < -0.4 is 9.47 Å². The topological polar surface area (TPSA) is 31.6 Å². The molecular formula is C17H16O3. The summed E-state index contributed by atoms with van der Waals surface area (Å²) < 4.78 is 16.6. The summed E-state index contributed by atoms with van der Waals surface area (Å²) in [7, 11) is 1.65. The largest absolute Gasteiger partial charge is 0.497 e. The van der Waals surface area contributed by atoms with Crippen molar-refractivity contribution in [2.75, 3.05) is 7.11 Å². The summed E-state index contributed by atoms with van der Waals surface area (Å²) in [6, 6.07) is 15.6. The van der Waals surface area contributed by atoms with Gasteiger partial charge < -0.3 is 13.9 Å². The maximum atomic E-state index is 5.77. The Balaban J connectivity index is 1.74. The molecule has 0 saturated carbocycles. The Bertz CT molecular complexity index is 711. The van der Waals surface area contributed by atoms with Crippen LogP contribution in [0.4, 0.5) is 0 Å². The summed E-state index contributed by atoms with van der Waals surface area (Å²) in [5.41, 5.74) is 2.11. The molecule has 0 saturated heterocycles. The molecule has 0 unspecified atom stereocenters. The zero-order chi connectivity index (χ0) is 13.9. The molecule has 3 heteroatoms. The smallest absolute Gasteiger partial charge is 0.146 e. The molecule has 3 nitrogen and oxygen atoms in total. The molecular weight excluding hydrogens is 252 g/mol. The second kappa shape index (κ2) is 5.29. The monoisotopic (exact) mass is 268 g/mol. The number of benzene rings is 2. The molecule has 0 radical (unpaired) electrons. The van der Waals surface area contributed by atoms with Crippen LogP contribution in [0.5, 0.6) is 11.5 Å². The average molecular weight is 268 g/mol. The molecule has 0 aliphatic heterocycles. The van der Waals surface area contributed by atoms with Gasteiger partial charge in [-0.2, -0.15) is 0 Å². The zero-order valence-electron chi connectivity index (χ0n) is 11.6. The Morgan fingerprint density at radius 3 is 2.45 bits per heavy atom. The third-order valence-corrected chi connectivity index (χ3v) is 3.27. The normalized spacial score (nSPS) is 10.7. The molecule has 102 valence electrons. The van der Waals surface area contributed by atoms with E-state index in [4.69, 9.17) is 13.9 Å². The average Bonchev–Trinajstić information content (AvgIpc) is 2.90. The van der Waals surface area contributed by atoms with E-state index >= 15 is 0 Å². The maximum absolute atomic E-state index is 5.77. The van der Waals surface area contributed by atoms with Crippen molar-refractivity contribution in [1.29, 1.82) is 0 Å². The molecule has 3 rings (SSSR count). The summed E-state index contributed by atoms with van der Waals surface area (Å²) >= 11 is 0. The minimum absolute atomic E-state index is 0.417. The van der Waals surface area contributed by atoms with Crippen LogP contribution in [0.3, 0.4) is 0 Å². The van der Waals surface area contributed by atoms with Gasteiger partial charge in [0.2, 0.25) is 0 Å². The van der Waals surface area contributed by atoms with E-state index in [1.807, 2.05) is 42.5 Å². The van der Waals surface area contributed by atoms with Gasteiger partial charge in [0.25, 0.3) is 0 Å². The molecule has 0 bridgehead atoms. The van der Waals surface area contributed by atoms with Gasteiger partial charge >= 0.3 is 0 Å². The van der Waals surface area contributed by atoms with Gasteiger partial charge in [-0.25, -0.2) is 0 Å². The number of hydrogen-bond donors (Lipinski definition) is 0. The molecule has 1 heterocycles. The van der Waals surface area contributed by atoms with E-state index < -0.39 is 0 Å². The number of furan rings is 1. The molecule has 0 aliphatic rings. The summed E-state index contributed by atoms with van der Waals surface area (Å²) in [6.07, 6.45) is 0. The lowest BCUT2D eigenvalue weighted by atomic mass is 10.1. The van der Waals surface area contributed by atoms with Crippen molar-refractivity contribution in [3.05, 3.63) is 59.9 Å². The predicted octanol–water partition coefficient (Wildman–Crippen LogP) is 4.33. The number of ether oxygens (including phenoxy) is 2. The fraction of sp³-hybridized carbons (Fsp3) is 0.176. The number of hydrogen-bond acceptors (Lipinski definition) is 3. The van der Waals surface area contributed by atoms with Gasteiger partial charge in [0, 0.05) is 5.39 Å². The lowest BCUT2D eigenvalue weighted by Gasteiger charge is -2.05. The van der Waals surface area contributed by atoms with Gasteiger partial charge in [0.15, 0.2) is 0 Å². The molecule has 1 aromatic heterocycles. The molecule has 0 N–H and O–H groups in total. The van der Waals surface area contributed by atoms with E-state index in [-0.39, 0.29) is 0 Å². The van der Waals surface area contributed by atoms with Gasteiger partial charge in [0.1, 0.15) is 29.4 Å². The van der Waals surface area contributed by atoms with Crippen LogP contribution in [0, 0.1) is 6.92 Å². The summed E-state index contributed by atoms with van der Waals surface area (Å²) in [6.45, 7) is 2.49. The molecule has 0 aliphatic carbocycles. The molecule has 3 aromatic rings. The van der Waals surface area contributed by atoms with Gasteiger partial charge in [-0.15, -0.1) is 0 Å². The van der Waals surface area contributed by atoms with E-state index in [1.54, 1.807) is 7.11 Å². The van der Waals surface area contributed by atoms with E-state index in [9.17, 15) is 0 Å². The van der Waals surface area contributed by atoms with Gasteiger partial charge in [-0.1, -0.05) is 12.1 Å². The lowest BCUT2D eigenvalue weighted by Crippen LogP contribution is -1.93. The summed E-state index contributed by atoms with van der Waals surface area (Å²) in [5, 5.41) is 1.14. The van der Waals surface area contributed by atoms with E-state index in [2.05, 4.69) is 13.0 Å². The van der Waals surface area contributed by atoms with Crippen molar-refractivity contribution in [2.24, 2.45) is 0 Å². The number of aryl methyl sites for hydroxylation is 1. The van der Waals surface area contributed by atoms with Gasteiger partial charge in [-0.3, -0.25) is 0 Å². The van der Waals surface area contributed by atoms with Crippen molar-refractivity contribution in [3.8, 4) is 11.5 Å². The third-order valence-electron chi connectivity index (χ3n) is 3.27. The molecule has 0 atom stereocenters. The van der Waals surface area contributed by atoms with E-state index in [0.29, 0.717) is 6.61 Å². The summed E-state index contributed by atoms with van der Waals surface area (Å²) in [5.74, 6) is 2.44. The molecule has 0 spiro atoms. The first kappa shape index (κ1) is 12.6. The molecule has 20 heavy (non-hydrogen) atoms. The SMILES string of the molecule is COc1ccc(OCc2cc3c(C)cccc3o2)cc1. The highest BCUT2D eigenvalue weighted by Gasteiger charge is 2.06. The quantitative estimate of drug-likeness (QED) is 0.705. The highest BCUT2D eigenvalue weighted by atomic mass is 16.5. The second-order valence-corrected chi connectivity index (χ2v) is 4.66. The van der Waals surface area contributed by atoms with Crippen LogP contribution in [-0.2, 0) is 6.61 Å². The number of methoxy groups -OCH3 is 1. The molecule has 0 amide bonds. The summed E-state index contributed by atoms with van der Waals surface area (Å²) in [4.78, 5) is 0. The van der Waals surface area contributed by atoms with E-state index in [0.717, 1.165) is 28.2 Å². The van der Waals surface area contributed by atoms with Crippen LogP contribution in [0.15, 0.2) is 52.9 Å². The van der Waals surface area contributed by atoms with Crippen LogP contribution in [0.2, 0.25) is 0 Å². The Morgan fingerprint density at radius 2 is 1.75 bits per heavy atom. The van der Waals surface area contributed by atoms with Crippen molar-refractivity contribution in [2.45, 2.75) is 13.5 Å². The van der Waals surface area contributed by atoms with Crippen molar-refractivity contribution in [1.82, 2.24) is 0 Å². The number of fused-ring (bicyclic) bond motifs is 1. The second-order valence-electron chi connectivity index (χ2n) is 4.66. The predicted molar refractivity (Wildman–Crippen MR) is 78.3 cm³/mol. The van der Waals surface area contributed by atoms with Crippen molar-refractivity contribution < 1.29 is 13.9 Å². The Kier molecular flexibility index (Phi) is 3.33. The zero-order valence-corrected chi connectivity index (χ0v) is 11.6. The Labute approximate surface area is 117 Å². The Morgan fingerprint density at radius 1 is 1.00 bits per heavy atom.